The molecule has 0 unspecified atom stereocenters. The van der Waals surface area contributed by atoms with Gasteiger partial charge in [-0.15, -0.1) is 0 Å². The molecule has 0 aliphatic rings. The van der Waals surface area contributed by atoms with E-state index in [0.29, 0.717) is 0 Å². The monoisotopic (exact) mass is 350 g/mol. The molecule has 0 aliphatic heterocycles. The van der Waals surface area contributed by atoms with E-state index in [9.17, 15) is 0 Å². The maximum absolute atomic E-state index is 3.60. The number of hydrogen-bond acceptors (Lipinski definition) is 0. The van der Waals surface area contributed by atoms with E-state index < -0.39 is 0 Å². The van der Waals surface area contributed by atoms with Crippen molar-refractivity contribution in [1.82, 2.24) is 0 Å². The molecule has 0 aromatic carbocycles. The second-order valence-corrected chi connectivity index (χ2v) is 1.71. The van der Waals surface area contributed by atoms with Gasteiger partial charge in [0.2, 0.25) is 0 Å². The Morgan fingerprint density at radius 2 is 0.786 bits per heavy atom. The Balaban J connectivity index is -0.0000000153. The molecule has 0 saturated heterocycles. The van der Waals surface area contributed by atoms with Gasteiger partial charge in [0.15, 0.2) is 0 Å². The SMILES string of the molecule is [CH2-]C.[CH2-]C.[CH2-]CCC.[CH2-]CCC.[Cd+2].[Zn+2]. The van der Waals surface area contributed by atoms with E-state index in [0.717, 1.165) is 12.8 Å². The van der Waals surface area contributed by atoms with Gasteiger partial charge in [0.25, 0.3) is 0 Å². The molecule has 0 radical (unpaired) electrons. The van der Waals surface area contributed by atoms with Gasteiger partial charge in [-0.3, -0.25) is 0 Å². The molecule has 0 heterocycles. The summed E-state index contributed by atoms with van der Waals surface area (Å²) < 4.78 is 0. The summed E-state index contributed by atoms with van der Waals surface area (Å²) in [5, 5.41) is 0. The zero-order valence-corrected chi connectivity index (χ0v) is 18.1. The summed E-state index contributed by atoms with van der Waals surface area (Å²) in [6, 6.07) is 0. The van der Waals surface area contributed by atoms with Gasteiger partial charge >= 0.3 is 46.8 Å². The van der Waals surface area contributed by atoms with Crippen molar-refractivity contribution in [2.24, 2.45) is 0 Å². The van der Waals surface area contributed by atoms with Crippen LogP contribution in [0.15, 0.2) is 0 Å². The van der Waals surface area contributed by atoms with Gasteiger partial charge in [0, 0.05) is 0 Å². The van der Waals surface area contributed by atoms with E-state index in [-0.39, 0.29) is 46.8 Å². The molecule has 0 rings (SSSR count). The second kappa shape index (κ2) is 86.8. The van der Waals surface area contributed by atoms with Crippen LogP contribution >= 0.6 is 0 Å². The van der Waals surface area contributed by atoms with Crippen LogP contribution in [0.4, 0.5) is 0 Å². The summed E-state index contributed by atoms with van der Waals surface area (Å²) in [5.74, 6) is 0. The maximum Gasteiger partial charge on any atom is 2.00 e. The summed E-state index contributed by atoms with van der Waals surface area (Å²) in [4.78, 5) is 0. The van der Waals surface area contributed by atoms with Crippen LogP contribution in [0.3, 0.4) is 0 Å². The van der Waals surface area contributed by atoms with Crippen LogP contribution < -0.4 is 0 Å². The zero-order chi connectivity index (χ0) is 10.8. The molecule has 0 aromatic heterocycles. The third-order valence-electron chi connectivity index (χ3n) is 0.707. The predicted octanol–water partition coefficient (Wildman–Crippen LogP) is 4.92. The Morgan fingerprint density at radius 3 is 0.786 bits per heavy atom. The van der Waals surface area contributed by atoms with Gasteiger partial charge in [0.1, 0.15) is 0 Å². The summed E-state index contributed by atoms with van der Waals surface area (Å²) in [7, 11) is 0. The number of unbranched alkanes of at least 4 members (excludes halogenated alkanes) is 2. The molecule has 14 heavy (non-hydrogen) atoms. The molecule has 2 heteroatoms. The van der Waals surface area contributed by atoms with Crippen molar-refractivity contribution in [3.63, 3.8) is 0 Å². The third kappa shape index (κ3) is 170. The standard InChI is InChI=1S/2C4H9.2C2H5.Cd.Zn/c2*1-3-4-2;2*1-2;;/h2*1,3-4H2,2H3;2*1H2,2H3;;/q4*-1;2*+2. The van der Waals surface area contributed by atoms with Crippen molar-refractivity contribution >= 4 is 0 Å². The van der Waals surface area contributed by atoms with Crippen LogP contribution in [0, 0.1) is 27.7 Å². The zero-order valence-electron chi connectivity index (χ0n) is 11.1. The normalized spacial score (nSPS) is 5.14. The Kier molecular flexibility index (Phi) is 224. The molecule has 80 valence electrons. The van der Waals surface area contributed by atoms with Gasteiger partial charge in [-0.2, -0.15) is 26.7 Å². The molecule has 0 N–H and O–H groups in total. The van der Waals surface area contributed by atoms with E-state index in [4.69, 9.17) is 0 Å². The smallest absolute Gasteiger partial charge is 0.346 e. The molecule has 0 fully saturated rings. The van der Waals surface area contributed by atoms with E-state index >= 15 is 0 Å². The van der Waals surface area contributed by atoms with Crippen molar-refractivity contribution in [3.8, 4) is 0 Å². The van der Waals surface area contributed by atoms with Crippen molar-refractivity contribution in [2.45, 2.75) is 53.4 Å². The molecule has 0 bridgehead atoms. The van der Waals surface area contributed by atoms with Crippen molar-refractivity contribution in [2.75, 3.05) is 0 Å². The van der Waals surface area contributed by atoms with Crippen molar-refractivity contribution < 1.29 is 46.8 Å². The molecular formula is C12H28CdZn. The molecule has 0 nitrogen and oxygen atoms in total. The first kappa shape index (κ1) is 36.1. The fourth-order valence-electron chi connectivity index (χ4n) is 0. The van der Waals surface area contributed by atoms with E-state index in [1.54, 1.807) is 13.8 Å². The van der Waals surface area contributed by atoms with Crippen molar-refractivity contribution in [1.29, 1.82) is 0 Å². The molecule has 0 amide bonds. The first-order chi connectivity index (χ1) is 5.83. The molecule has 0 saturated carbocycles. The summed E-state index contributed by atoms with van der Waals surface area (Å²) in [6.07, 6.45) is 4.56. The topological polar surface area (TPSA) is 0 Å². The van der Waals surface area contributed by atoms with Crippen LogP contribution in [0.2, 0.25) is 0 Å². The van der Waals surface area contributed by atoms with Crippen LogP contribution in [0.25, 0.3) is 0 Å². The maximum atomic E-state index is 3.60. The first-order valence-electron chi connectivity index (χ1n) is 4.83. The Labute approximate surface area is 127 Å². The minimum absolute atomic E-state index is 0. The predicted molar refractivity (Wildman–Crippen MR) is 62.6 cm³/mol. The fourth-order valence-corrected chi connectivity index (χ4v) is 0. The summed E-state index contributed by atoms with van der Waals surface area (Å²) >= 11 is 0. The van der Waals surface area contributed by atoms with Crippen LogP contribution in [-0.4, -0.2) is 0 Å². The average Bonchev–Trinajstić information content (AvgIpc) is 2.23. The van der Waals surface area contributed by atoms with Crippen LogP contribution in [-0.2, 0) is 46.8 Å². The fraction of sp³-hybridized carbons (Fsp3) is 0.667. The average molecular weight is 350 g/mol. The van der Waals surface area contributed by atoms with Gasteiger partial charge in [-0.25, -0.2) is 0 Å². The van der Waals surface area contributed by atoms with Crippen LogP contribution in [0.5, 0.6) is 0 Å². The second-order valence-electron chi connectivity index (χ2n) is 1.71. The van der Waals surface area contributed by atoms with Gasteiger partial charge in [-0.1, -0.05) is 26.7 Å². The van der Waals surface area contributed by atoms with Gasteiger partial charge < -0.3 is 27.7 Å². The van der Waals surface area contributed by atoms with Crippen molar-refractivity contribution in [3.05, 3.63) is 27.7 Å². The van der Waals surface area contributed by atoms with E-state index in [1.165, 1.54) is 12.8 Å². The Morgan fingerprint density at radius 1 is 0.714 bits per heavy atom. The Bertz CT molecular complexity index is 18.3. The first-order valence-corrected chi connectivity index (χ1v) is 4.83. The molecule has 0 aliphatic carbocycles. The molecular weight excluding hydrogens is 322 g/mol. The summed E-state index contributed by atoms with van der Waals surface area (Å²) in [6.45, 7) is 21.4. The van der Waals surface area contributed by atoms with E-state index in [2.05, 4.69) is 41.5 Å². The largest absolute Gasteiger partial charge is 2.00 e. The van der Waals surface area contributed by atoms with Gasteiger partial charge in [0.05, 0.1) is 0 Å². The molecule has 0 atom stereocenters. The minimum Gasteiger partial charge on any atom is -0.346 e. The van der Waals surface area contributed by atoms with E-state index in [1.807, 2.05) is 0 Å². The Hall–Kier alpha value is 1.55. The van der Waals surface area contributed by atoms with Gasteiger partial charge in [-0.05, 0) is 0 Å². The third-order valence-corrected chi connectivity index (χ3v) is 0.707. The van der Waals surface area contributed by atoms with Crippen LogP contribution in [0.1, 0.15) is 53.4 Å². The number of hydrogen-bond donors (Lipinski definition) is 0. The molecule has 0 spiro atoms. The number of rotatable bonds is 2. The molecule has 0 aromatic rings. The minimum atomic E-state index is 0. The quantitative estimate of drug-likeness (QED) is 0.490. The summed E-state index contributed by atoms with van der Waals surface area (Å²) in [5.41, 5.74) is 0.